The Bertz CT molecular complexity index is 546. The fourth-order valence-corrected chi connectivity index (χ4v) is 2.10. The second-order valence-corrected chi connectivity index (χ2v) is 4.41. The highest BCUT2D eigenvalue weighted by molar-refractivity contribution is 5.85. The van der Waals surface area contributed by atoms with Gasteiger partial charge in [-0.05, 0) is 28.3 Å². The summed E-state index contributed by atoms with van der Waals surface area (Å²) in [6, 6.07) is 12.6. The van der Waals surface area contributed by atoms with Gasteiger partial charge in [-0.3, -0.25) is 4.79 Å². The quantitative estimate of drug-likeness (QED) is 0.857. The molecule has 2 aromatic rings. The Kier molecular flexibility index (Phi) is 3.43. The SMILES string of the molecule is CCCc1ccc2cc(CC(N)=O)ccc2c1. The molecule has 0 bridgehead atoms. The van der Waals surface area contributed by atoms with Crippen molar-refractivity contribution in [1.82, 2.24) is 0 Å². The van der Waals surface area contributed by atoms with E-state index in [0.29, 0.717) is 6.42 Å². The normalized spacial score (nSPS) is 10.6. The molecule has 0 heterocycles. The minimum Gasteiger partial charge on any atom is -0.369 e. The number of amides is 1. The van der Waals surface area contributed by atoms with E-state index < -0.39 is 0 Å². The molecular weight excluding hydrogens is 210 g/mol. The van der Waals surface area contributed by atoms with E-state index in [1.807, 2.05) is 12.1 Å². The summed E-state index contributed by atoms with van der Waals surface area (Å²) in [6.07, 6.45) is 2.58. The van der Waals surface area contributed by atoms with Gasteiger partial charge in [-0.2, -0.15) is 0 Å². The fourth-order valence-electron chi connectivity index (χ4n) is 2.10. The number of primary amides is 1. The zero-order valence-corrected chi connectivity index (χ0v) is 10.1. The smallest absolute Gasteiger partial charge is 0.221 e. The number of nitrogens with two attached hydrogens (primary N) is 1. The van der Waals surface area contributed by atoms with Crippen LogP contribution in [0.25, 0.3) is 10.8 Å². The third-order valence-electron chi connectivity index (χ3n) is 2.89. The third kappa shape index (κ3) is 2.84. The minimum absolute atomic E-state index is 0.285. The van der Waals surface area contributed by atoms with Crippen LogP contribution in [0.4, 0.5) is 0 Å². The first-order valence-corrected chi connectivity index (χ1v) is 5.99. The molecule has 1 amide bonds. The Labute approximate surface area is 101 Å². The van der Waals surface area contributed by atoms with E-state index in [4.69, 9.17) is 5.73 Å². The van der Waals surface area contributed by atoms with Crippen LogP contribution in [-0.2, 0) is 17.6 Å². The summed E-state index contributed by atoms with van der Waals surface area (Å²) in [5, 5.41) is 2.40. The van der Waals surface area contributed by atoms with E-state index in [0.717, 1.165) is 18.4 Å². The molecule has 2 aromatic carbocycles. The average molecular weight is 227 g/mol. The molecular formula is C15H17NO. The molecule has 88 valence electrons. The van der Waals surface area contributed by atoms with Crippen LogP contribution in [0.2, 0.25) is 0 Å². The zero-order chi connectivity index (χ0) is 12.3. The molecule has 2 N–H and O–H groups in total. The standard InChI is InChI=1S/C15H17NO/c1-2-3-11-4-6-14-9-12(10-15(16)17)5-7-13(14)8-11/h4-9H,2-3,10H2,1H3,(H2,16,17). The van der Waals surface area contributed by atoms with E-state index in [1.54, 1.807) is 0 Å². The monoisotopic (exact) mass is 227 g/mol. The maximum absolute atomic E-state index is 10.9. The highest BCUT2D eigenvalue weighted by Crippen LogP contribution is 2.19. The van der Waals surface area contributed by atoms with E-state index in [-0.39, 0.29) is 5.91 Å². The summed E-state index contributed by atoms with van der Waals surface area (Å²) in [5.41, 5.74) is 7.54. The van der Waals surface area contributed by atoms with Crippen molar-refractivity contribution in [2.45, 2.75) is 26.2 Å². The first-order chi connectivity index (χ1) is 8.19. The third-order valence-corrected chi connectivity index (χ3v) is 2.89. The Balaban J connectivity index is 2.36. The topological polar surface area (TPSA) is 43.1 Å². The van der Waals surface area contributed by atoms with Crippen molar-refractivity contribution in [3.05, 3.63) is 47.5 Å². The van der Waals surface area contributed by atoms with Crippen LogP contribution in [0.5, 0.6) is 0 Å². The molecule has 0 aliphatic heterocycles. The predicted molar refractivity (Wildman–Crippen MR) is 70.8 cm³/mol. The van der Waals surface area contributed by atoms with E-state index in [9.17, 15) is 4.79 Å². The number of hydrogen-bond donors (Lipinski definition) is 1. The molecule has 0 radical (unpaired) electrons. The van der Waals surface area contributed by atoms with Gasteiger partial charge in [0.2, 0.25) is 5.91 Å². The van der Waals surface area contributed by atoms with Crippen LogP contribution >= 0.6 is 0 Å². The maximum Gasteiger partial charge on any atom is 0.221 e. The molecule has 2 rings (SSSR count). The Morgan fingerprint density at radius 3 is 2.24 bits per heavy atom. The summed E-state index contributed by atoms with van der Waals surface area (Å²) in [4.78, 5) is 10.9. The van der Waals surface area contributed by atoms with Crippen LogP contribution in [0.1, 0.15) is 24.5 Å². The van der Waals surface area contributed by atoms with Gasteiger partial charge < -0.3 is 5.73 Å². The molecule has 0 fully saturated rings. The van der Waals surface area contributed by atoms with Gasteiger partial charge in [0, 0.05) is 0 Å². The van der Waals surface area contributed by atoms with Crippen LogP contribution in [-0.4, -0.2) is 5.91 Å². The summed E-state index contributed by atoms with van der Waals surface area (Å²) in [5.74, 6) is -0.285. The Hall–Kier alpha value is -1.83. The number of benzene rings is 2. The van der Waals surface area contributed by atoms with Crippen LogP contribution in [0.3, 0.4) is 0 Å². The second kappa shape index (κ2) is 5.00. The molecule has 0 aliphatic carbocycles. The van der Waals surface area contributed by atoms with E-state index in [2.05, 4.69) is 31.2 Å². The minimum atomic E-state index is -0.285. The van der Waals surface area contributed by atoms with Crippen molar-refractivity contribution in [1.29, 1.82) is 0 Å². The lowest BCUT2D eigenvalue weighted by Gasteiger charge is -2.04. The van der Waals surface area contributed by atoms with Crippen molar-refractivity contribution in [2.24, 2.45) is 5.73 Å². The number of carbonyl (C=O) groups is 1. The number of rotatable bonds is 4. The summed E-state index contributed by atoms with van der Waals surface area (Å²) in [7, 11) is 0. The highest BCUT2D eigenvalue weighted by atomic mass is 16.1. The lowest BCUT2D eigenvalue weighted by atomic mass is 10.0. The lowest BCUT2D eigenvalue weighted by molar-refractivity contribution is -0.117. The lowest BCUT2D eigenvalue weighted by Crippen LogP contribution is -2.13. The second-order valence-electron chi connectivity index (χ2n) is 4.41. The van der Waals surface area contributed by atoms with Gasteiger partial charge in [0.25, 0.3) is 0 Å². The van der Waals surface area contributed by atoms with Crippen LogP contribution < -0.4 is 5.73 Å². The fraction of sp³-hybridized carbons (Fsp3) is 0.267. The number of fused-ring (bicyclic) bond motifs is 1. The van der Waals surface area contributed by atoms with Gasteiger partial charge in [0.15, 0.2) is 0 Å². The molecule has 0 aliphatic rings. The zero-order valence-electron chi connectivity index (χ0n) is 10.1. The Morgan fingerprint density at radius 1 is 1.06 bits per heavy atom. The average Bonchev–Trinajstić information content (AvgIpc) is 2.29. The first kappa shape index (κ1) is 11.6. The largest absolute Gasteiger partial charge is 0.369 e. The molecule has 2 heteroatoms. The Morgan fingerprint density at radius 2 is 1.65 bits per heavy atom. The molecule has 17 heavy (non-hydrogen) atoms. The molecule has 2 nitrogen and oxygen atoms in total. The van der Waals surface area contributed by atoms with E-state index in [1.165, 1.54) is 16.3 Å². The van der Waals surface area contributed by atoms with E-state index >= 15 is 0 Å². The van der Waals surface area contributed by atoms with Crippen molar-refractivity contribution in [3.63, 3.8) is 0 Å². The van der Waals surface area contributed by atoms with Crippen molar-refractivity contribution < 1.29 is 4.79 Å². The van der Waals surface area contributed by atoms with Crippen LogP contribution in [0.15, 0.2) is 36.4 Å². The van der Waals surface area contributed by atoms with Crippen molar-refractivity contribution >= 4 is 16.7 Å². The van der Waals surface area contributed by atoms with Crippen molar-refractivity contribution in [2.75, 3.05) is 0 Å². The number of aryl methyl sites for hydroxylation is 1. The van der Waals surface area contributed by atoms with Gasteiger partial charge in [0.05, 0.1) is 6.42 Å². The predicted octanol–water partition coefficient (Wildman–Crippen LogP) is 2.82. The van der Waals surface area contributed by atoms with Crippen molar-refractivity contribution in [3.8, 4) is 0 Å². The molecule has 0 aromatic heterocycles. The molecule has 0 saturated carbocycles. The summed E-state index contributed by atoms with van der Waals surface area (Å²) in [6.45, 7) is 2.18. The number of hydrogen-bond acceptors (Lipinski definition) is 1. The maximum atomic E-state index is 10.9. The molecule has 0 unspecified atom stereocenters. The first-order valence-electron chi connectivity index (χ1n) is 5.99. The summed E-state index contributed by atoms with van der Waals surface area (Å²) >= 11 is 0. The molecule has 0 atom stereocenters. The highest BCUT2D eigenvalue weighted by Gasteiger charge is 2.01. The van der Waals surface area contributed by atoms with Gasteiger partial charge >= 0.3 is 0 Å². The van der Waals surface area contributed by atoms with Gasteiger partial charge in [-0.1, -0.05) is 49.7 Å². The van der Waals surface area contributed by atoms with Gasteiger partial charge in [0.1, 0.15) is 0 Å². The summed E-state index contributed by atoms with van der Waals surface area (Å²) < 4.78 is 0. The van der Waals surface area contributed by atoms with Gasteiger partial charge in [-0.15, -0.1) is 0 Å². The van der Waals surface area contributed by atoms with Gasteiger partial charge in [-0.25, -0.2) is 0 Å². The molecule has 0 saturated heterocycles. The number of carbonyl (C=O) groups excluding carboxylic acids is 1. The molecule has 0 spiro atoms. The van der Waals surface area contributed by atoms with Crippen LogP contribution in [0, 0.1) is 0 Å².